The number of alkyl halides is 3. The van der Waals surface area contributed by atoms with Crippen LogP contribution >= 0.6 is 11.8 Å². The van der Waals surface area contributed by atoms with Crippen molar-refractivity contribution in [2.75, 3.05) is 5.75 Å². The molecule has 0 aliphatic rings. The SMILES string of the molecule is Cc1occc1-c1nnc(SCC(=O)c2cc(C)n(-c3ccc(OC(F)(F)F)cc3)c2C)o1. The molecule has 0 spiro atoms. The van der Waals surface area contributed by atoms with Gasteiger partial charge in [-0.25, -0.2) is 0 Å². The Hall–Kier alpha value is -3.47. The quantitative estimate of drug-likeness (QED) is 0.241. The highest BCUT2D eigenvalue weighted by Crippen LogP contribution is 2.29. The van der Waals surface area contributed by atoms with E-state index in [1.165, 1.54) is 30.5 Å². The molecule has 7 nitrogen and oxygen atoms in total. The molecule has 3 aromatic heterocycles. The summed E-state index contributed by atoms with van der Waals surface area (Å²) < 4.78 is 53.7. The summed E-state index contributed by atoms with van der Waals surface area (Å²) >= 11 is 1.12. The summed E-state index contributed by atoms with van der Waals surface area (Å²) in [4.78, 5) is 12.9. The number of ether oxygens (including phenoxy) is 1. The molecule has 0 N–H and O–H groups in total. The van der Waals surface area contributed by atoms with Gasteiger partial charge in [-0.2, -0.15) is 0 Å². The zero-order chi connectivity index (χ0) is 23.8. The molecule has 0 aliphatic heterocycles. The first-order valence-electron chi connectivity index (χ1n) is 9.71. The Labute approximate surface area is 190 Å². The highest BCUT2D eigenvalue weighted by Gasteiger charge is 2.31. The zero-order valence-corrected chi connectivity index (χ0v) is 18.6. The van der Waals surface area contributed by atoms with Gasteiger partial charge in [0, 0.05) is 22.6 Å². The van der Waals surface area contributed by atoms with Gasteiger partial charge in [0.2, 0.25) is 0 Å². The maximum absolute atomic E-state index is 12.9. The van der Waals surface area contributed by atoms with E-state index < -0.39 is 6.36 Å². The number of halogens is 3. The van der Waals surface area contributed by atoms with Crippen LogP contribution in [0.15, 0.2) is 56.7 Å². The van der Waals surface area contributed by atoms with Crippen LogP contribution in [0.5, 0.6) is 5.75 Å². The van der Waals surface area contributed by atoms with Crippen LogP contribution in [-0.4, -0.2) is 32.7 Å². The summed E-state index contributed by atoms with van der Waals surface area (Å²) in [7, 11) is 0. The standard InChI is InChI=1S/C22H18F3N3O4S/c1-12-10-18(13(2)28(12)15-4-6-16(7-5-15)32-22(23,24)25)19(29)11-33-21-27-26-20(31-21)17-8-9-30-14(17)3/h4-10H,11H2,1-3H3. The van der Waals surface area contributed by atoms with E-state index in [1.54, 1.807) is 30.5 Å². The molecule has 0 saturated heterocycles. The van der Waals surface area contributed by atoms with E-state index in [4.69, 9.17) is 8.83 Å². The summed E-state index contributed by atoms with van der Waals surface area (Å²) in [5.41, 5.74) is 3.24. The van der Waals surface area contributed by atoms with Crippen LogP contribution in [0.25, 0.3) is 17.1 Å². The van der Waals surface area contributed by atoms with Crippen molar-refractivity contribution in [3.8, 4) is 22.9 Å². The number of aryl methyl sites for hydroxylation is 2. The largest absolute Gasteiger partial charge is 0.573 e. The summed E-state index contributed by atoms with van der Waals surface area (Å²) in [5, 5.41) is 8.20. The fourth-order valence-corrected chi connectivity index (χ4v) is 4.07. The average Bonchev–Trinajstić information content (AvgIpc) is 3.45. The number of rotatable bonds is 7. The maximum atomic E-state index is 12.9. The third-order valence-electron chi connectivity index (χ3n) is 4.88. The average molecular weight is 477 g/mol. The fraction of sp³-hybridized carbons (Fsp3) is 0.227. The van der Waals surface area contributed by atoms with Gasteiger partial charge in [-0.05, 0) is 57.2 Å². The van der Waals surface area contributed by atoms with E-state index in [0.29, 0.717) is 34.2 Å². The number of aromatic nitrogens is 3. The lowest BCUT2D eigenvalue weighted by Crippen LogP contribution is -2.17. The van der Waals surface area contributed by atoms with Crippen molar-refractivity contribution in [2.45, 2.75) is 32.4 Å². The minimum absolute atomic E-state index is 0.0780. The van der Waals surface area contributed by atoms with Gasteiger partial charge in [-0.1, -0.05) is 11.8 Å². The summed E-state index contributed by atoms with van der Waals surface area (Å²) in [6.07, 6.45) is -3.23. The van der Waals surface area contributed by atoms with Gasteiger partial charge < -0.3 is 18.1 Å². The van der Waals surface area contributed by atoms with Crippen molar-refractivity contribution in [2.24, 2.45) is 0 Å². The Kier molecular flexibility index (Phi) is 6.07. The van der Waals surface area contributed by atoms with Crippen molar-refractivity contribution < 1.29 is 31.5 Å². The van der Waals surface area contributed by atoms with E-state index in [-0.39, 0.29) is 22.5 Å². The number of hydrogen-bond donors (Lipinski definition) is 0. The Morgan fingerprint density at radius 1 is 1.12 bits per heavy atom. The Balaban J connectivity index is 1.47. The van der Waals surface area contributed by atoms with Gasteiger partial charge in [0.25, 0.3) is 11.1 Å². The number of benzene rings is 1. The highest BCUT2D eigenvalue weighted by atomic mass is 32.2. The molecule has 0 saturated carbocycles. The molecule has 3 heterocycles. The fourth-order valence-electron chi connectivity index (χ4n) is 3.43. The zero-order valence-electron chi connectivity index (χ0n) is 17.8. The molecule has 1 aromatic carbocycles. The minimum atomic E-state index is -4.76. The first kappa shape index (κ1) is 22.7. The van der Waals surface area contributed by atoms with Crippen molar-refractivity contribution in [3.05, 3.63) is 65.4 Å². The number of thioether (sulfide) groups is 1. The van der Waals surface area contributed by atoms with E-state index >= 15 is 0 Å². The molecule has 0 amide bonds. The molecular formula is C22H18F3N3O4S. The predicted molar refractivity (Wildman–Crippen MR) is 114 cm³/mol. The van der Waals surface area contributed by atoms with Gasteiger partial charge >= 0.3 is 6.36 Å². The lowest BCUT2D eigenvalue weighted by Gasteiger charge is -2.12. The second-order valence-electron chi connectivity index (χ2n) is 7.14. The van der Waals surface area contributed by atoms with Crippen molar-refractivity contribution in [1.29, 1.82) is 0 Å². The third-order valence-corrected chi connectivity index (χ3v) is 5.70. The smallest absolute Gasteiger partial charge is 0.469 e. The van der Waals surface area contributed by atoms with Crippen molar-refractivity contribution in [1.82, 2.24) is 14.8 Å². The molecule has 4 rings (SSSR count). The third kappa shape index (κ3) is 4.98. The molecule has 0 atom stereocenters. The van der Waals surface area contributed by atoms with Crippen LogP contribution in [0.1, 0.15) is 27.5 Å². The molecule has 0 bridgehead atoms. The first-order valence-corrected chi connectivity index (χ1v) is 10.7. The molecule has 0 unspecified atom stereocenters. The van der Waals surface area contributed by atoms with Gasteiger partial charge in [-0.3, -0.25) is 4.79 Å². The van der Waals surface area contributed by atoms with Crippen LogP contribution in [0.3, 0.4) is 0 Å². The van der Waals surface area contributed by atoms with Gasteiger partial charge in [-0.15, -0.1) is 23.4 Å². The summed E-state index contributed by atoms with van der Waals surface area (Å²) in [6.45, 7) is 5.37. The molecule has 0 aliphatic carbocycles. The normalized spacial score (nSPS) is 11.7. The van der Waals surface area contributed by atoms with E-state index in [1.807, 2.05) is 6.92 Å². The highest BCUT2D eigenvalue weighted by molar-refractivity contribution is 7.99. The number of Topliss-reactive ketones (excluding diaryl/α,β-unsaturated/α-hetero) is 1. The topological polar surface area (TPSA) is 83.3 Å². The van der Waals surface area contributed by atoms with E-state index in [9.17, 15) is 18.0 Å². The monoisotopic (exact) mass is 477 g/mol. The Bertz CT molecular complexity index is 1290. The van der Waals surface area contributed by atoms with Crippen LogP contribution in [0.4, 0.5) is 13.2 Å². The number of ketones is 1. The minimum Gasteiger partial charge on any atom is -0.469 e. The molecule has 33 heavy (non-hydrogen) atoms. The molecular weight excluding hydrogens is 459 g/mol. The number of carbonyl (C=O) groups excluding carboxylic acids is 1. The van der Waals surface area contributed by atoms with Gasteiger partial charge in [0.15, 0.2) is 5.78 Å². The number of nitrogens with zero attached hydrogens (tertiary/aromatic N) is 3. The summed E-state index contributed by atoms with van der Waals surface area (Å²) in [5.74, 6) is 0.583. The summed E-state index contributed by atoms with van der Waals surface area (Å²) in [6, 6.07) is 8.93. The lowest BCUT2D eigenvalue weighted by molar-refractivity contribution is -0.274. The predicted octanol–water partition coefficient (Wildman–Crippen LogP) is 5.92. The molecule has 0 fully saturated rings. The number of furan rings is 1. The van der Waals surface area contributed by atoms with Crippen LogP contribution in [-0.2, 0) is 0 Å². The van der Waals surface area contributed by atoms with Gasteiger partial charge in [0.1, 0.15) is 11.5 Å². The lowest BCUT2D eigenvalue weighted by atomic mass is 10.2. The Morgan fingerprint density at radius 3 is 2.48 bits per heavy atom. The van der Waals surface area contributed by atoms with Crippen molar-refractivity contribution >= 4 is 17.5 Å². The molecule has 0 radical (unpaired) electrons. The maximum Gasteiger partial charge on any atom is 0.573 e. The number of carbonyl (C=O) groups is 1. The molecule has 11 heteroatoms. The van der Waals surface area contributed by atoms with Gasteiger partial charge in [0.05, 0.1) is 17.6 Å². The second kappa shape index (κ2) is 8.81. The molecule has 172 valence electrons. The Morgan fingerprint density at radius 2 is 1.85 bits per heavy atom. The van der Waals surface area contributed by atoms with E-state index in [2.05, 4.69) is 14.9 Å². The first-order chi connectivity index (χ1) is 15.6. The number of hydrogen-bond acceptors (Lipinski definition) is 7. The van der Waals surface area contributed by atoms with Crippen LogP contribution in [0.2, 0.25) is 0 Å². The second-order valence-corrected chi connectivity index (χ2v) is 8.06. The van der Waals surface area contributed by atoms with E-state index in [0.717, 1.165) is 17.5 Å². The van der Waals surface area contributed by atoms with Crippen LogP contribution < -0.4 is 4.74 Å². The molecule has 4 aromatic rings. The van der Waals surface area contributed by atoms with Crippen molar-refractivity contribution in [3.63, 3.8) is 0 Å². The van der Waals surface area contributed by atoms with Crippen LogP contribution in [0, 0.1) is 20.8 Å².